The van der Waals surface area contributed by atoms with Gasteiger partial charge in [0.1, 0.15) is 5.82 Å². The van der Waals surface area contributed by atoms with E-state index >= 15 is 0 Å². The number of rotatable bonds is 7. The Balaban J connectivity index is 1.76. The summed E-state index contributed by atoms with van der Waals surface area (Å²) in [7, 11) is 0. The molecule has 0 aromatic carbocycles. The fourth-order valence-corrected chi connectivity index (χ4v) is 2.44. The molecule has 0 atom stereocenters. The zero-order valence-corrected chi connectivity index (χ0v) is 12.0. The Kier molecular flexibility index (Phi) is 5.80. The van der Waals surface area contributed by atoms with E-state index in [9.17, 15) is 4.79 Å². The Hall–Kier alpha value is -1.62. The van der Waals surface area contributed by atoms with Gasteiger partial charge in [0.15, 0.2) is 0 Å². The summed E-state index contributed by atoms with van der Waals surface area (Å²) >= 11 is 0. The number of carbonyl (C=O) groups is 1. The Bertz CT molecular complexity index is 431. The van der Waals surface area contributed by atoms with Crippen molar-refractivity contribution < 1.29 is 9.53 Å². The lowest BCUT2D eigenvalue weighted by atomic mass is 10.2. The molecule has 0 unspecified atom stereocenters. The second kappa shape index (κ2) is 7.85. The minimum atomic E-state index is -0.107. The molecule has 1 aliphatic carbocycles. The molecule has 0 bridgehead atoms. The first-order valence-electron chi connectivity index (χ1n) is 7.40. The number of nitrogens with one attached hydrogen (secondary N) is 2. The van der Waals surface area contributed by atoms with Crippen molar-refractivity contribution >= 4 is 11.7 Å². The van der Waals surface area contributed by atoms with Crippen LogP contribution in [0.3, 0.4) is 0 Å². The fraction of sp³-hybridized carbons (Fsp3) is 0.600. The Morgan fingerprint density at radius 1 is 1.45 bits per heavy atom. The van der Waals surface area contributed by atoms with Crippen molar-refractivity contribution in [2.24, 2.45) is 0 Å². The van der Waals surface area contributed by atoms with Crippen LogP contribution in [-0.4, -0.2) is 36.7 Å². The minimum absolute atomic E-state index is 0.107. The minimum Gasteiger partial charge on any atom is -0.376 e. The summed E-state index contributed by atoms with van der Waals surface area (Å²) in [4.78, 5) is 16.3. The lowest BCUT2D eigenvalue weighted by Gasteiger charge is -2.12. The second-order valence-corrected chi connectivity index (χ2v) is 4.96. The highest BCUT2D eigenvalue weighted by Crippen LogP contribution is 2.20. The molecule has 5 nitrogen and oxygen atoms in total. The first kappa shape index (κ1) is 14.8. The first-order chi connectivity index (χ1) is 9.81. The van der Waals surface area contributed by atoms with Gasteiger partial charge in [0.2, 0.25) is 0 Å². The third-order valence-electron chi connectivity index (χ3n) is 3.44. The van der Waals surface area contributed by atoms with Gasteiger partial charge in [0, 0.05) is 19.3 Å². The molecule has 5 heteroatoms. The molecular formula is C15H23N3O2. The van der Waals surface area contributed by atoms with Gasteiger partial charge >= 0.3 is 0 Å². The molecule has 0 spiro atoms. The SMILES string of the molecule is CCNc1ncccc1C(=O)NCCOC1CCCC1. The van der Waals surface area contributed by atoms with Gasteiger partial charge in [-0.05, 0) is 31.9 Å². The largest absolute Gasteiger partial charge is 0.376 e. The third-order valence-corrected chi connectivity index (χ3v) is 3.44. The number of ether oxygens (including phenoxy) is 1. The van der Waals surface area contributed by atoms with Gasteiger partial charge in [-0.2, -0.15) is 0 Å². The Labute approximate surface area is 120 Å². The maximum absolute atomic E-state index is 12.1. The monoisotopic (exact) mass is 277 g/mol. The van der Waals surface area contributed by atoms with Crippen LogP contribution < -0.4 is 10.6 Å². The number of nitrogens with zero attached hydrogens (tertiary/aromatic N) is 1. The molecule has 1 aromatic rings. The van der Waals surface area contributed by atoms with E-state index in [2.05, 4.69) is 15.6 Å². The molecule has 1 amide bonds. The van der Waals surface area contributed by atoms with Crippen LogP contribution in [0.2, 0.25) is 0 Å². The highest BCUT2D eigenvalue weighted by Gasteiger charge is 2.15. The molecule has 2 N–H and O–H groups in total. The molecule has 0 saturated heterocycles. The van der Waals surface area contributed by atoms with Crippen molar-refractivity contribution in [3.05, 3.63) is 23.9 Å². The van der Waals surface area contributed by atoms with Crippen molar-refractivity contribution in [1.29, 1.82) is 0 Å². The average Bonchev–Trinajstić information content (AvgIpc) is 2.97. The zero-order valence-electron chi connectivity index (χ0n) is 12.0. The summed E-state index contributed by atoms with van der Waals surface area (Å²) in [5, 5.41) is 5.97. The first-order valence-corrected chi connectivity index (χ1v) is 7.40. The molecule has 1 heterocycles. The number of carbonyl (C=O) groups excluding carboxylic acids is 1. The van der Waals surface area contributed by atoms with Crippen LogP contribution in [0, 0.1) is 0 Å². The van der Waals surface area contributed by atoms with Gasteiger partial charge in [-0.3, -0.25) is 4.79 Å². The summed E-state index contributed by atoms with van der Waals surface area (Å²) in [6.07, 6.45) is 6.90. The fourth-order valence-electron chi connectivity index (χ4n) is 2.44. The molecular weight excluding hydrogens is 254 g/mol. The molecule has 1 fully saturated rings. The number of amides is 1. The predicted molar refractivity (Wildman–Crippen MR) is 78.9 cm³/mol. The molecule has 20 heavy (non-hydrogen) atoms. The quantitative estimate of drug-likeness (QED) is 0.750. The van der Waals surface area contributed by atoms with Gasteiger partial charge in [-0.25, -0.2) is 4.98 Å². The number of hydrogen-bond donors (Lipinski definition) is 2. The van der Waals surface area contributed by atoms with Gasteiger partial charge < -0.3 is 15.4 Å². The molecule has 1 aliphatic rings. The average molecular weight is 277 g/mol. The molecule has 110 valence electrons. The summed E-state index contributed by atoms with van der Waals surface area (Å²) in [5.41, 5.74) is 0.579. The van der Waals surface area contributed by atoms with Crippen LogP contribution in [0.25, 0.3) is 0 Å². The summed E-state index contributed by atoms with van der Waals surface area (Å²) in [6, 6.07) is 3.54. The van der Waals surface area contributed by atoms with E-state index < -0.39 is 0 Å². The van der Waals surface area contributed by atoms with Crippen LogP contribution in [0.4, 0.5) is 5.82 Å². The van der Waals surface area contributed by atoms with Crippen LogP contribution in [0.5, 0.6) is 0 Å². The Morgan fingerprint density at radius 2 is 2.25 bits per heavy atom. The molecule has 2 rings (SSSR count). The van der Waals surface area contributed by atoms with Crippen molar-refractivity contribution in [3.8, 4) is 0 Å². The van der Waals surface area contributed by atoms with Gasteiger partial charge in [-0.15, -0.1) is 0 Å². The van der Waals surface area contributed by atoms with E-state index in [1.165, 1.54) is 12.8 Å². The number of anilines is 1. The maximum Gasteiger partial charge on any atom is 0.255 e. The maximum atomic E-state index is 12.1. The number of pyridine rings is 1. The molecule has 0 radical (unpaired) electrons. The highest BCUT2D eigenvalue weighted by atomic mass is 16.5. The van der Waals surface area contributed by atoms with Crippen LogP contribution in [0.1, 0.15) is 43.0 Å². The Morgan fingerprint density at radius 3 is 3.00 bits per heavy atom. The van der Waals surface area contributed by atoms with Crippen molar-refractivity contribution in [2.75, 3.05) is 25.0 Å². The van der Waals surface area contributed by atoms with E-state index in [0.717, 1.165) is 19.4 Å². The van der Waals surface area contributed by atoms with Gasteiger partial charge in [-0.1, -0.05) is 12.8 Å². The summed E-state index contributed by atoms with van der Waals surface area (Å²) in [5.74, 6) is 0.522. The van der Waals surface area contributed by atoms with E-state index in [-0.39, 0.29) is 5.91 Å². The standard InChI is InChI=1S/C15H23N3O2/c1-2-16-14-13(8-5-9-17-14)15(19)18-10-11-20-12-6-3-4-7-12/h5,8-9,12H,2-4,6-7,10-11H2,1H3,(H,16,17)(H,18,19). The lowest BCUT2D eigenvalue weighted by Crippen LogP contribution is -2.29. The summed E-state index contributed by atoms with van der Waals surface area (Å²) in [6.45, 7) is 3.83. The normalized spacial score (nSPS) is 15.2. The van der Waals surface area contributed by atoms with E-state index in [4.69, 9.17) is 4.74 Å². The van der Waals surface area contributed by atoms with Gasteiger partial charge in [0.25, 0.3) is 5.91 Å². The van der Waals surface area contributed by atoms with Crippen LogP contribution in [0.15, 0.2) is 18.3 Å². The summed E-state index contributed by atoms with van der Waals surface area (Å²) < 4.78 is 5.72. The van der Waals surface area contributed by atoms with E-state index in [1.54, 1.807) is 18.3 Å². The zero-order chi connectivity index (χ0) is 14.2. The predicted octanol–water partition coefficient (Wildman–Crippen LogP) is 2.20. The smallest absolute Gasteiger partial charge is 0.255 e. The van der Waals surface area contributed by atoms with Crippen molar-refractivity contribution in [1.82, 2.24) is 10.3 Å². The number of hydrogen-bond acceptors (Lipinski definition) is 4. The molecule has 1 saturated carbocycles. The third kappa shape index (κ3) is 4.20. The van der Waals surface area contributed by atoms with Gasteiger partial charge in [0.05, 0.1) is 18.3 Å². The number of aromatic nitrogens is 1. The van der Waals surface area contributed by atoms with Crippen LogP contribution >= 0.6 is 0 Å². The van der Waals surface area contributed by atoms with E-state index in [0.29, 0.717) is 30.6 Å². The molecule has 0 aliphatic heterocycles. The lowest BCUT2D eigenvalue weighted by molar-refractivity contribution is 0.0582. The van der Waals surface area contributed by atoms with E-state index in [1.807, 2.05) is 6.92 Å². The van der Waals surface area contributed by atoms with Crippen LogP contribution in [-0.2, 0) is 4.74 Å². The second-order valence-electron chi connectivity index (χ2n) is 4.96. The highest BCUT2D eigenvalue weighted by molar-refractivity contribution is 5.98. The van der Waals surface area contributed by atoms with Crippen molar-refractivity contribution in [2.45, 2.75) is 38.7 Å². The topological polar surface area (TPSA) is 63.2 Å². The van der Waals surface area contributed by atoms with Crippen molar-refractivity contribution in [3.63, 3.8) is 0 Å². The molecule has 1 aromatic heterocycles.